The van der Waals surface area contributed by atoms with Gasteiger partial charge in [0.2, 0.25) is 5.91 Å². The van der Waals surface area contributed by atoms with Crippen molar-refractivity contribution in [3.63, 3.8) is 0 Å². The number of pyridine rings is 1. The van der Waals surface area contributed by atoms with E-state index in [0.717, 1.165) is 12.1 Å². The summed E-state index contributed by atoms with van der Waals surface area (Å²) in [4.78, 5) is 41.7. The predicted octanol–water partition coefficient (Wildman–Crippen LogP) is 6.33. The molecule has 0 aliphatic heterocycles. The van der Waals surface area contributed by atoms with E-state index in [1.54, 1.807) is 63.4 Å². The van der Waals surface area contributed by atoms with Gasteiger partial charge in [0.25, 0.3) is 0 Å². The number of nitrogens with zero attached hydrogens (tertiary/aromatic N) is 1. The predicted molar refractivity (Wildman–Crippen MR) is 129 cm³/mol. The number of amides is 2. The Labute approximate surface area is 205 Å². The van der Waals surface area contributed by atoms with E-state index >= 15 is 0 Å². The van der Waals surface area contributed by atoms with Gasteiger partial charge >= 0.3 is 12.3 Å². The number of hydrogen-bond donors (Lipinski definition) is 2. The molecule has 0 fully saturated rings. The van der Waals surface area contributed by atoms with Crippen LogP contribution in [0.1, 0.15) is 43.1 Å². The molecule has 36 heavy (non-hydrogen) atoms. The lowest BCUT2D eigenvalue weighted by molar-refractivity contribution is -0.137. The second kappa shape index (κ2) is 10.6. The summed E-state index contributed by atoms with van der Waals surface area (Å²) in [7, 11) is 0. The van der Waals surface area contributed by atoms with Gasteiger partial charge < -0.3 is 10.1 Å². The van der Waals surface area contributed by atoms with E-state index in [0.29, 0.717) is 17.3 Å². The number of nitrogens with one attached hydrogen (secondary N) is 2. The van der Waals surface area contributed by atoms with Crippen LogP contribution in [-0.4, -0.2) is 28.4 Å². The summed E-state index contributed by atoms with van der Waals surface area (Å²) in [6.45, 7) is 4.86. The Bertz CT molecular complexity index is 1270. The Morgan fingerprint density at radius 2 is 1.64 bits per heavy atom. The third kappa shape index (κ3) is 7.39. The lowest BCUT2D eigenvalue weighted by atomic mass is 10.0. The average molecular weight is 499 g/mol. The molecule has 0 aliphatic carbocycles. The van der Waals surface area contributed by atoms with Gasteiger partial charge in [0.05, 0.1) is 29.1 Å². The van der Waals surface area contributed by atoms with Crippen LogP contribution in [0.15, 0.2) is 66.9 Å². The molecule has 0 bridgehead atoms. The highest BCUT2D eigenvalue weighted by Crippen LogP contribution is 2.34. The first-order chi connectivity index (χ1) is 16.8. The summed E-state index contributed by atoms with van der Waals surface area (Å²) >= 11 is 0. The Morgan fingerprint density at radius 3 is 2.28 bits per heavy atom. The fraction of sp³-hybridized carbons (Fsp3) is 0.231. The third-order valence-electron chi connectivity index (χ3n) is 4.72. The summed E-state index contributed by atoms with van der Waals surface area (Å²) in [6, 6.07) is 14.3. The number of ketones is 1. The molecule has 10 heteroatoms. The summed E-state index contributed by atoms with van der Waals surface area (Å²) < 4.78 is 44.9. The Morgan fingerprint density at radius 1 is 0.889 bits per heavy atom. The van der Waals surface area contributed by atoms with E-state index < -0.39 is 41.5 Å². The van der Waals surface area contributed by atoms with Crippen molar-refractivity contribution in [1.82, 2.24) is 4.98 Å². The molecule has 188 valence electrons. The van der Waals surface area contributed by atoms with Crippen LogP contribution < -0.4 is 10.6 Å². The number of anilines is 2. The van der Waals surface area contributed by atoms with Gasteiger partial charge in [-0.2, -0.15) is 13.2 Å². The van der Waals surface area contributed by atoms with Crippen LogP contribution in [0.5, 0.6) is 0 Å². The molecule has 1 aromatic heterocycles. The number of carbonyl (C=O) groups is 3. The Balaban J connectivity index is 1.79. The molecule has 0 saturated heterocycles. The van der Waals surface area contributed by atoms with Crippen molar-refractivity contribution in [2.45, 2.75) is 39.0 Å². The smallest absolute Gasteiger partial charge is 0.416 e. The number of benzene rings is 2. The van der Waals surface area contributed by atoms with E-state index in [1.165, 1.54) is 6.07 Å². The van der Waals surface area contributed by atoms with Gasteiger partial charge in [0.1, 0.15) is 5.60 Å². The first-order valence-electron chi connectivity index (χ1n) is 10.9. The highest BCUT2D eigenvalue weighted by Gasteiger charge is 2.31. The topological polar surface area (TPSA) is 97.4 Å². The number of hydrogen-bond acceptors (Lipinski definition) is 5. The molecule has 1 heterocycles. The molecule has 0 radical (unpaired) electrons. The van der Waals surface area contributed by atoms with E-state index in [2.05, 4.69) is 15.6 Å². The minimum absolute atomic E-state index is 0.116. The van der Waals surface area contributed by atoms with Gasteiger partial charge in [-0.25, -0.2) is 4.79 Å². The third-order valence-corrected chi connectivity index (χ3v) is 4.72. The molecular weight excluding hydrogens is 475 g/mol. The lowest BCUT2D eigenvalue weighted by Crippen LogP contribution is -2.28. The Kier molecular flexibility index (Phi) is 7.77. The molecular formula is C26H24F3N3O4. The molecule has 2 aromatic carbocycles. The quantitative estimate of drug-likeness (QED) is 0.305. The zero-order chi connectivity index (χ0) is 26.5. The molecule has 2 N–H and O–H groups in total. The van der Waals surface area contributed by atoms with Crippen LogP contribution in [0.25, 0.3) is 11.3 Å². The molecule has 3 rings (SSSR count). The fourth-order valence-corrected chi connectivity index (χ4v) is 3.17. The van der Waals surface area contributed by atoms with Crippen molar-refractivity contribution in [2.24, 2.45) is 0 Å². The Hall–Kier alpha value is -4.21. The number of alkyl halides is 3. The van der Waals surface area contributed by atoms with E-state index in [1.807, 2.05) is 0 Å². The summed E-state index contributed by atoms with van der Waals surface area (Å²) in [5.74, 6) is -1.39. The highest BCUT2D eigenvalue weighted by atomic mass is 19.4. The maximum absolute atomic E-state index is 13.2. The van der Waals surface area contributed by atoms with Crippen LogP contribution in [-0.2, 0) is 15.7 Å². The number of carbonyl (C=O) groups excluding carboxylic acids is 3. The number of aromatic nitrogens is 1. The monoisotopic (exact) mass is 499 g/mol. The van der Waals surface area contributed by atoms with Gasteiger partial charge in [0, 0.05) is 17.3 Å². The SMILES string of the molecule is CC(C)(C)OC(=O)Nc1ccc(C(F)(F)F)cc1NC(=O)CC(=O)c1cccc(-c2ccccn2)c1. The molecule has 7 nitrogen and oxygen atoms in total. The normalized spacial score (nSPS) is 11.5. The first-order valence-corrected chi connectivity index (χ1v) is 10.9. The first kappa shape index (κ1) is 26.4. The molecule has 0 spiro atoms. The zero-order valence-electron chi connectivity index (χ0n) is 19.8. The van der Waals surface area contributed by atoms with E-state index in [-0.39, 0.29) is 16.9 Å². The lowest BCUT2D eigenvalue weighted by Gasteiger charge is -2.21. The van der Waals surface area contributed by atoms with Crippen LogP contribution in [0.3, 0.4) is 0 Å². The fourth-order valence-electron chi connectivity index (χ4n) is 3.17. The highest BCUT2D eigenvalue weighted by molar-refractivity contribution is 6.12. The van der Waals surface area contributed by atoms with Crippen LogP contribution in [0, 0.1) is 0 Å². The van der Waals surface area contributed by atoms with Gasteiger partial charge in [-0.3, -0.25) is 19.9 Å². The standard InChI is InChI=1S/C26H24F3N3O4/c1-25(2,3)36-24(35)32-20-11-10-18(26(27,28)29)14-21(20)31-23(34)15-22(33)17-8-6-7-16(13-17)19-9-4-5-12-30-19/h4-14H,15H2,1-3H3,(H,31,34)(H,32,35). The zero-order valence-corrected chi connectivity index (χ0v) is 19.8. The number of Topliss-reactive ketones (excluding diaryl/α,β-unsaturated/α-hetero) is 1. The molecule has 0 atom stereocenters. The van der Waals surface area contributed by atoms with Crippen LogP contribution in [0.2, 0.25) is 0 Å². The van der Waals surface area contributed by atoms with Crippen LogP contribution >= 0.6 is 0 Å². The average Bonchev–Trinajstić information content (AvgIpc) is 2.79. The van der Waals surface area contributed by atoms with Crippen molar-refractivity contribution >= 4 is 29.2 Å². The number of ether oxygens (including phenoxy) is 1. The second-order valence-electron chi connectivity index (χ2n) is 8.83. The summed E-state index contributed by atoms with van der Waals surface area (Å²) in [5.41, 5.74) is -0.783. The summed E-state index contributed by atoms with van der Waals surface area (Å²) in [6.07, 6.45) is -4.63. The van der Waals surface area contributed by atoms with E-state index in [9.17, 15) is 27.6 Å². The van der Waals surface area contributed by atoms with Gasteiger partial charge in [-0.05, 0) is 57.2 Å². The van der Waals surface area contributed by atoms with Crippen LogP contribution in [0.4, 0.5) is 29.3 Å². The van der Waals surface area contributed by atoms with Crippen molar-refractivity contribution in [3.8, 4) is 11.3 Å². The molecule has 0 unspecified atom stereocenters. The largest absolute Gasteiger partial charge is 0.444 e. The van der Waals surface area contributed by atoms with Gasteiger partial charge in [-0.15, -0.1) is 0 Å². The second-order valence-corrected chi connectivity index (χ2v) is 8.83. The van der Waals surface area contributed by atoms with Crippen molar-refractivity contribution in [2.75, 3.05) is 10.6 Å². The molecule has 2 amide bonds. The van der Waals surface area contributed by atoms with Crippen molar-refractivity contribution < 1.29 is 32.3 Å². The molecule has 0 saturated carbocycles. The summed E-state index contributed by atoms with van der Waals surface area (Å²) in [5, 5.41) is 4.62. The minimum atomic E-state index is -4.69. The van der Waals surface area contributed by atoms with E-state index in [4.69, 9.17) is 4.74 Å². The number of rotatable bonds is 6. The number of halogens is 3. The maximum Gasteiger partial charge on any atom is 0.416 e. The van der Waals surface area contributed by atoms with Crippen molar-refractivity contribution in [3.05, 3.63) is 78.0 Å². The maximum atomic E-state index is 13.2. The molecule has 3 aromatic rings. The molecule has 0 aliphatic rings. The van der Waals surface area contributed by atoms with Gasteiger partial charge in [-0.1, -0.05) is 24.3 Å². The van der Waals surface area contributed by atoms with Crippen molar-refractivity contribution in [1.29, 1.82) is 0 Å². The minimum Gasteiger partial charge on any atom is -0.444 e. The van der Waals surface area contributed by atoms with Gasteiger partial charge in [0.15, 0.2) is 5.78 Å².